The zero-order valence-corrected chi connectivity index (χ0v) is 14.7. The van der Waals surface area contributed by atoms with Crippen molar-refractivity contribution in [1.82, 2.24) is 5.32 Å². The summed E-state index contributed by atoms with van der Waals surface area (Å²) in [5.74, 6) is -0.0576. The number of amides is 1. The number of nitriles is 1. The van der Waals surface area contributed by atoms with E-state index in [0.717, 1.165) is 11.2 Å². The van der Waals surface area contributed by atoms with Crippen LogP contribution >= 0.6 is 11.8 Å². The van der Waals surface area contributed by atoms with Gasteiger partial charge in [0.1, 0.15) is 5.54 Å². The number of thioether (sulfide) groups is 1. The van der Waals surface area contributed by atoms with Gasteiger partial charge in [0.2, 0.25) is 5.91 Å². The van der Waals surface area contributed by atoms with Gasteiger partial charge < -0.3 is 5.32 Å². The maximum Gasteiger partial charge on any atom is 0.231 e. The average molecular weight is 340 g/mol. The van der Waals surface area contributed by atoms with Crippen molar-refractivity contribution < 1.29 is 13.2 Å². The molecule has 0 aliphatic rings. The average Bonchev–Trinajstić information content (AvgIpc) is 2.44. The molecule has 22 heavy (non-hydrogen) atoms. The Hall–Kier alpha value is -1.52. The molecule has 1 atom stereocenters. The first-order chi connectivity index (χ1) is 10.1. The van der Waals surface area contributed by atoms with Crippen molar-refractivity contribution in [2.45, 2.75) is 36.1 Å². The van der Waals surface area contributed by atoms with Crippen LogP contribution < -0.4 is 5.32 Å². The number of hydrogen-bond donors (Lipinski definition) is 1. The van der Waals surface area contributed by atoms with E-state index in [1.54, 1.807) is 19.1 Å². The van der Waals surface area contributed by atoms with Gasteiger partial charge in [-0.15, -0.1) is 11.8 Å². The van der Waals surface area contributed by atoms with Gasteiger partial charge in [-0.1, -0.05) is 13.8 Å². The molecule has 1 aromatic rings. The summed E-state index contributed by atoms with van der Waals surface area (Å²) >= 11 is 1.29. The lowest BCUT2D eigenvalue weighted by molar-refractivity contribution is -0.120. The van der Waals surface area contributed by atoms with E-state index in [1.165, 1.54) is 23.9 Å². The van der Waals surface area contributed by atoms with Gasteiger partial charge in [0.25, 0.3) is 0 Å². The third kappa shape index (κ3) is 5.04. The van der Waals surface area contributed by atoms with Gasteiger partial charge in [0, 0.05) is 11.2 Å². The van der Waals surface area contributed by atoms with Gasteiger partial charge in [0.15, 0.2) is 9.84 Å². The molecule has 0 aliphatic carbocycles. The second-order valence-corrected chi connectivity index (χ2v) is 8.61. The standard InChI is InChI=1S/C15H20N2O3S2/c1-11(2)15(3,10-16)17-14(18)9-21-12-5-7-13(8-6-12)22(4,19)20/h5-8,11H,9H2,1-4H3,(H,17,18). The number of sulfone groups is 1. The Morgan fingerprint density at radius 1 is 1.36 bits per heavy atom. The highest BCUT2D eigenvalue weighted by molar-refractivity contribution is 8.00. The maximum absolute atomic E-state index is 11.9. The molecule has 0 fully saturated rings. The summed E-state index contributed by atoms with van der Waals surface area (Å²) in [4.78, 5) is 13.0. The third-order valence-electron chi connectivity index (χ3n) is 3.41. The van der Waals surface area contributed by atoms with Crippen LogP contribution in [0.25, 0.3) is 0 Å². The Morgan fingerprint density at radius 3 is 2.32 bits per heavy atom. The summed E-state index contributed by atoms with van der Waals surface area (Å²) in [6, 6.07) is 8.49. The Labute approximate surface area is 136 Å². The van der Waals surface area contributed by atoms with Crippen LogP contribution in [0.1, 0.15) is 20.8 Å². The van der Waals surface area contributed by atoms with Crippen molar-refractivity contribution in [1.29, 1.82) is 5.26 Å². The molecular weight excluding hydrogens is 320 g/mol. The molecule has 0 radical (unpaired) electrons. The molecule has 0 saturated carbocycles. The predicted octanol–water partition coefficient (Wildman–Crippen LogP) is 2.24. The minimum atomic E-state index is -3.21. The lowest BCUT2D eigenvalue weighted by Crippen LogP contribution is -2.49. The molecule has 120 valence electrons. The van der Waals surface area contributed by atoms with Crippen LogP contribution in [0, 0.1) is 17.2 Å². The van der Waals surface area contributed by atoms with Crippen LogP contribution in [0.4, 0.5) is 0 Å². The minimum absolute atomic E-state index is 0.000458. The highest BCUT2D eigenvalue weighted by Gasteiger charge is 2.29. The Bertz CT molecular complexity index is 676. The van der Waals surface area contributed by atoms with E-state index in [9.17, 15) is 13.2 Å². The lowest BCUT2D eigenvalue weighted by atomic mass is 9.90. The minimum Gasteiger partial charge on any atom is -0.337 e. The largest absolute Gasteiger partial charge is 0.337 e. The fraction of sp³-hybridized carbons (Fsp3) is 0.467. The molecule has 1 rings (SSSR count). The SMILES string of the molecule is CC(C)C(C)(C#N)NC(=O)CSc1ccc(S(C)(=O)=O)cc1. The smallest absolute Gasteiger partial charge is 0.231 e. The summed E-state index contributed by atoms with van der Waals surface area (Å²) in [6.45, 7) is 5.45. The van der Waals surface area contributed by atoms with Crippen molar-refractivity contribution in [3.8, 4) is 6.07 Å². The summed E-state index contributed by atoms with van der Waals surface area (Å²) in [7, 11) is -3.21. The first kappa shape index (κ1) is 18.5. The highest BCUT2D eigenvalue weighted by Crippen LogP contribution is 2.21. The Kier molecular flexibility index (Phi) is 6.03. The molecular formula is C15H20N2O3S2. The molecule has 1 aromatic carbocycles. The van der Waals surface area contributed by atoms with Crippen molar-refractivity contribution in [3.63, 3.8) is 0 Å². The van der Waals surface area contributed by atoms with E-state index in [2.05, 4.69) is 11.4 Å². The summed E-state index contributed by atoms with van der Waals surface area (Å²) in [5, 5.41) is 11.9. The van der Waals surface area contributed by atoms with Crippen LogP contribution in [0.5, 0.6) is 0 Å². The van der Waals surface area contributed by atoms with Gasteiger partial charge in [-0.3, -0.25) is 4.79 Å². The van der Waals surface area contributed by atoms with E-state index >= 15 is 0 Å². The molecule has 0 spiro atoms. The first-order valence-corrected chi connectivity index (χ1v) is 9.61. The van der Waals surface area contributed by atoms with Gasteiger partial charge in [-0.05, 0) is 37.1 Å². The molecule has 0 aliphatic heterocycles. The molecule has 0 aromatic heterocycles. The van der Waals surface area contributed by atoms with E-state index < -0.39 is 15.4 Å². The van der Waals surface area contributed by atoms with Crippen LogP contribution in [0.2, 0.25) is 0 Å². The van der Waals surface area contributed by atoms with Crippen LogP contribution in [-0.2, 0) is 14.6 Å². The summed E-state index contributed by atoms with van der Waals surface area (Å²) < 4.78 is 22.7. The summed E-state index contributed by atoms with van der Waals surface area (Å²) in [5.41, 5.74) is -0.891. The van der Waals surface area contributed by atoms with Crippen molar-refractivity contribution in [3.05, 3.63) is 24.3 Å². The number of rotatable bonds is 6. The van der Waals surface area contributed by atoms with Gasteiger partial charge >= 0.3 is 0 Å². The van der Waals surface area contributed by atoms with Crippen LogP contribution in [0.3, 0.4) is 0 Å². The predicted molar refractivity (Wildman–Crippen MR) is 87.3 cm³/mol. The van der Waals surface area contributed by atoms with Crippen LogP contribution in [0.15, 0.2) is 34.1 Å². The van der Waals surface area contributed by atoms with E-state index in [4.69, 9.17) is 5.26 Å². The van der Waals surface area contributed by atoms with Crippen molar-refractivity contribution in [2.75, 3.05) is 12.0 Å². The van der Waals surface area contributed by atoms with Crippen LogP contribution in [-0.4, -0.2) is 31.9 Å². The van der Waals surface area contributed by atoms with Gasteiger partial charge in [0.05, 0.1) is 16.7 Å². The van der Waals surface area contributed by atoms with E-state index in [1.807, 2.05) is 13.8 Å². The number of nitrogens with one attached hydrogen (secondary N) is 1. The van der Waals surface area contributed by atoms with Gasteiger partial charge in [-0.25, -0.2) is 8.42 Å². The first-order valence-electron chi connectivity index (χ1n) is 6.73. The molecule has 0 bridgehead atoms. The fourth-order valence-electron chi connectivity index (χ4n) is 1.56. The van der Waals surface area contributed by atoms with E-state index in [0.29, 0.717) is 0 Å². The Balaban J connectivity index is 2.64. The second kappa shape index (κ2) is 7.16. The Morgan fingerprint density at radius 2 is 1.91 bits per heavy atom. The molecule has 7 heteroatoms. The normalized spacial score (nSPS) is 14.2. The number of carbonyl (C=O) groups is 1. The monoisotopic (exact) mass is 340 g/mol. The molecule has 1 unspecified atom stereocenters. The number of nitrogens with zero attached hydrogens (tertiary/aromatic N) is 1. The number of carbonyl (C=O) groups excluding carboxylic acids is 1. The molecule has 5 nitrogen and oxygen atoms in total. The zero-order chi connectivity index (χ0) is 17.0. The van der Waals surface area contributed by atoms with Gasteiger partial charge in [-0.2, -0.15) is 5.26 Å². The second-order valence-electron chi connectivity index (χ2n) is 5.55. The molecule has 0 saturated heterocycles. The molecule has 1 amide bonds. The van der Waals surface area contributed by atoms with E-state index in [-0.39, 0.29) is 22.5 Å². The highest BCUT2D eigenvalue weighted by atomic mass is 32.2. The quantitative estimate of drug-likeness (QED) is 0.803. The lowest BCUT2D eigenvalue weighted by Gasteiger charge is -2.27. The molecule has 1 N–H and O–H groups in total. The summed E-state index contributed by atoms with van der Waals surface area (Å²) in [6.07, 6.45) is 1.15. The zero-order valence-electron chi connectivity index (χ0n) is 13.1. The molecule has 0 heterocycles. The van der Waals surface area contributed by atoms with Crippen molar-refractivity contribution in [2.24, 2.45) is 5.92 Å². The topological polar surface area (TPSA) is 87.0 Å². The third-order valence-corrected chi connectivity index (χ3v) is 5.55. The number of benzene rings is 1. The fourth-order valence-corrected chi connectivity index (χ4v) is 2.89. The number of hydrogen-bond acceptors (Lipinski definition) is 5. The maximum atomic E-state index is 11.9. The van der Waals surface area contributed by atoms with Crippen molar-refractivity contribution >= 4 is 27.5 Å².